The minimum Gasteiger partial charge on any atom is -0.494 e. The fraction of sp³-hybridized carbons (Fsp3) is 0.222. The number of hydrogen-bond donors (Lipinski definition) is 0. The summed E-state index contributed by atoms with van der Waals surface area (Å²) >= 11 is 0. The van der Waals surface area contributed by atoms with E-state index in [9.17, 15) is 9.59 Å². The van der Waals surface area contributed by atoms with Crippen molar-refractivity contribution in [1.82, 2.24) is 4.98 Å². The molecule has 1 atom stereocenters. The van der Waals surface area contributed by atoms with Gasteiger partial charge < -0.3 is 9.15 Å². The maximum atomic E-state index is 13.6. The zero-order valence-electron chi connectivity index (χ0n) is 18.5. The van der Waals surface area contributed by atoms with Crippen LogP contribution in [0.15, 0.2) is 82.1 Å². The molecule has 0 spiro atoms. The van der Waals surface area contributed by atoms with E-state index in [4.69, 9.17) is 9.15 Å². The van der Waals surface area contributed by atoms with Crippen LogP contribution in [0, 0.1) is 5.92 Å². The Balaban J connectivity index is 1.67. The van der Waals surface area contributed by atoms with Crippen LogP contribution in [-0.2, 0) is 0 Å². The van der Waals surface area contributed by atoms with Gasteiger partial charge in [-0.25, -0.2) is 4.98 Å². The number of amides is 1. The van der Waals surface area contributed by atoms with Gasteiger partial charge in [0.1, 0.15) is 17.2 Å². The van der Waals surface area contributed by atoms with Crippen molar-refractivity contribution >= 4 is 22.7 Å². The van der Waals surface area contributed by atoms with E-state index in [0.717, 1.165) is 12.0 Å². The molecular weight excluding hydrogens is 416 g/mol. The van der Waals surface area contributed by atoms with Crippen molar-refractivity contribution in [3.63, 3.8) is 0 Å². The second kappa shape index (κ2) is 8.54. The Bertz CT molecular complexity index is 1380. The standard InChI is InChI=1S/C27H24N2O4/c1-17(2)13-15-32-19-9-7-8-18(16-19)24-23-25(30)20-10-3-4-11-21(20)33-26(23)27(31)29(24)22-12-5-6-14-28-22/h3-12,14,16-17,24H,13,15H2,1-2H3/t24-/m1/s1. The quantitative estimate of drug-likeness (QED) is 0.403. The highest BCUT2D eigenvalue weighted by atomic mass is 16.5. The lowest BCUT2D eigenvalue weighted by atomic mass is 9.98. The first-order valence-electron chi connectivity index (χ1n) is 11.1. The SMILES string of the molecule is CC(C)CCOc1cccc([C@@H]2c3c(oc4ccccc4c3=O)C(=O)N2c2ccccn2)c1. The molecule has 0 aliphatic carbocycles. The summed E-state index contributed by atoms with van der Waals surface area (Å²) < 4.78 is 11.9. The van der Waals surface area contributed by atoms with E-state index >= 15 is 0 Å². The van der Waals surface area contributed by atoms with Crippen molar-refractivity contribution in [1.29, 1.82) is 0 Å². The van der Waals surface area contributed by atoms with Crippen molar-refractivity contribution < 1.29 is 13.9 Å². The van der Waals surface area contributed by atoms with Crippen molar-refractivity contribution in [2.45, 2.75) is 26.3 Å². The lowest BCUT2D eigenvalue weighted by molar-refractivity contribution is 0.0970. The predicted molar refractivity (Wildman–Crippen MR) is 127 cm³/mol. The zero-order chi connectivity index (χ0) is 22.9. The molecule has 2 aromatic heterocycles. The molecule has 6 nitrogen and oxygen atoms in total. The minimum absolute atomic E-state index is 0.0560. The fourth-order valence-electron chi connectivity index (χ4n) is 4.15. The normalized spacial score (nSPS) is 15.3. The number of rotatable bonds is 6. The molecule has 1 amide bonds. The third kappa shape index (κ3) is 3.78. The summed E-state index contributed by atoms with van der Waals surface area (Å²) in [5.74, 6) is 1.35. The molecule has 0 saturated heterocycles. The van der Waals surface area contributed by atoms with Gasteiger partial charge in [0.15, 0.2) is 5.43 Å². The van der Waals surface area contributed by atoms with Gasteiger partial charge in [0.25, 0.3) is 5.91 Å². The summed E-state index contributed by atoms with van der Waals surface area (Å²) in [6, 6.07) is 19.2. The van der Waals surface area contributed by atoms with Gasteiger partial charge in [0.2, 0.25) is 5.76 Å². The summed E-state index contributed by atoms with van der Waals surface area (Å²) in [5.41, 5.74) is 1.26. The number of para-hydroxylation sites is 1. The van der Waals surface area contributed by atoms with E-state index in [1.165, 1.54) is 4.90 Å². The molecule has 1 aliphatic rings. The summed E-state index contributed by atoms with van der Waals surface area (Å²) in [4.78, 5) is 33.0. The number of carbonyl (C=O) groups is 1. The number of nitrogens with zero attached hydrogens (tertiary/aromatic N) is 2. The summed E-state index contributed by atoms with van der Waals surface area (Å²) in [6.45, 7) is 4.89. The van der Waals surface area contributed by atoms with E-state index in [-0.39, 0.29) is 17.1 Å². The molecular formula is C27H24N2O4. The van der Waals surface area contributed by atoms with Crippen LogP contribution in [0.25, 0.3) is 11.0 Å². The lowest BCUT2D eigenvalue weighted by Crippen LogP contribution is -2.30. The van der Waals surface area contributed by atoms with Crippen LogP contribution in [0.1, 0.15) is 48.0 Å². The number of hydrogen-bond acceptors (Lipinski definition) is 5. The number of carbonyl (C=O) groups excluding carboxylic acids is 1. The van der Waals surface area contributed by atoms with Gasteiger partial charge in [-0.3, -0.25) is 14.5 Å². The van der Waals surface area contributed by atoms with Gasteiger partial charge >= 0.3 is 0 Å². The Morgan fingerprint density at radius 2 is 1.85 bits per heavy atom. The molecule has 1 aliphatic heterocycles. The van der Waals surface area contributed by atoms with Gasteiger partial charge in [0.05, 0.1) is 23.6 Å². The predicted octanol–water partition coefficient (Wildman–Crippen LogP) is 5.36. The van der Waals surface area contributed by atoms with Crippen LogP contribution >= 0.6 is 0 Å². The summed E-state index contributed by atoms with van der Waals surface area (Å²) in [6.07, 6.45) is 2.56. The molecule has 33 heavy (non-hydrogen) atoms. The highest BCUT2D eigenvalue weighted by Crippen LogP contribution is 2.41. The smallest absolute Gasteiger partial charge is 0.296 e. The fourth-order valence-corrected chi connectivity index (χ4v) is 4.15. The number of ether oxygens (including phenoxy) is 1. The molecule has 0 saturated carbocycles. The Morgan fingerprint density at radius 3 is 2.64 bits per heavy atom. The second-order valence-corrected chi connectivity index (χ2v) is 8.54. The van der Waals surface area contributed by atoms with Crippen LogP contribution < -0.4 is 15.1 Å². The summed E-state index contributed by atoms with van der Waals surface area (Å²) in [7, 11) is 0. The Kier molecular flexibility index (Phi) is 5.42. The number of pyridine rings is 1. The van der Waals surface area contributed by atoms with Crippen LogP contribution in [0.5, 0.6) is 5.75 Å². The van der Waals surface area contributed by atoms with Gasteiger partial charge in [-0.15, -0.1) is 0 Å². The molecule has 5 rings (SSSR count). The molecule has 0 bridgehead atoms. The van der Waals surface area contributed by atoms with Gasteiger partial charge in [-0.05, 0) is 54.3 Å². The molecule has 0 unspecified atom stereocenters. The number of fused-ring (bicyclic) bond motifs is 2. The topological polar surface area (TPSA) is 72.6 Å². The number of benzene rings is 2. The van der Waals surface area contributed by atoms with Crippen molar-refractivity contribution in [2.75, 3.05) is 11.5 Å². The third-order valence-electron chi connectivity index (χ3n) is 5.81. The van der Waals surface area contributed by atoms with E-state index in [1.54, 1.807) is 42.6 Å². The zero-order valence-corrected chi connectivity index (χ0v) is 18.5. The van der Waals surface area contributed by atoms with Crippen LogP contribution in [-0.4, -0.2) is 17.5 Å². The van der Waals surface area contributed by atoms with Crippen molar-refractivity contribution in [3.8, 4) is 5.75 Å². The van der Waals surface area contributed by atoms with E-state index in [2.05, 4.69) is 18.8 Å². The Morgan fingerprint density at radius 1 is 1.03 bits per heavy atom. The van der Waals surface area contributed by atoms with Crippen molar-refractivity contribution in [3.05, 3.63) is 100 Å². The molecule has 3 heterocycles. The largest absolute Gasteiger partial charge is 0.494 e. The van der Waals surface area contributed by atoms with E-state index < -0.39 is 6.04 Å². The first-order chi connectivity index (χ1) is 16.0. The molecule has 0 N–H and O–H groups in total. The first kappa shape index (κ1) is 20.9. The second-order valence-electron chi connectivity index (χ2n) is 8.54. The van der Waals surface area contributed by atoms with E-state index in [0.29, 0.717) is 40.6 Å². The van der Waals surface area contributed by atoms with Crippen LogP contribution in [0.3, 0.4) is 0 Å². The molecule has 4 aromatic rings. The Hall–Kier alpha value is -3.93. The first-order valence-corrected chi connectivity index (χ1v) is 11.1. The Labute approximate surface area is 191 Å². The monoisotopic (exact) mass is 440 g/mol. The lowest BCUT2D eigenvalue weighted by Gasteiger charge is -2.24. The van der Waals surface area contributed by atoms with Gasteiger partial charge in [-0.1, -0.05) is 44.2 Å². The average Bonchev–Trinajstić information content (AvgIpc) is 3.12. The molecule has 0 radical (unpaired) electrons. The minimum atomic E-state index is -0.670. The van der Waals surface area contributed by atoms with Gasteiger partial charge in [0, 0.05) is 6.20 Å². The van der Waals surface area contributed by atoms with Crippen LogP contribution in [0.4, 0.5) is 5.82 Å². The van der Waals surface area contributed by atoms with E-state index in [1.807, 2.05) is 30.3 Å². The molecule has 166 valence electrons. The van der Waals surface area contributed by atoms with Gasteiger partial charge in [-0.2, -0.15) is 0 Å². The maximum Gasteiger partial charge on any atom is 0.296 e. The molecule has 0 fully saturated rings. The number of aromatic nitrogens is 1. The highest BCUT2D eigenvalue weighted by molar-refractivity contribution is 6.10. The van der Waals surface area contributed by atoms with Crippen LogP contribution in [0.2, 0.25) is 0 Å². The molecule has 2 aromatic carbocycles. The maximum absolute atomic E-state index is 13.6. The number of anilines is 1. The average molecular weight is 440 g/mol. The summed E-state index contributed by atoms with van der Waals surface area (Å²) in [5, 5.41) is 0.446. The highest BCUT2D eigenvalue weighted by Gasteiger charge is 2.44. The molecule has 6 heteroatoms. The van der Waals surface area contributed by atoms with Crippen molar-refractivity contribution in [2.24, 2.45) is 5.92 Å². The third-order valence-corrected chi connectivity index (χ3v) is 5.81.